The zero-order valence-electron chi connectivity index (χ0n) is 10.7. The Bertz CT molecular complexity index is 425. The molecule has 3 rings (SSSR count). The molecule has 0 aromatic carbocycles. The van der Waals surface area contributed by atoms with E-state index >= 15 is 0 Å². The van der Waals surface area contributed by atoms with Crippen LogP contribution in [0.1, 0.15) is 12.8 Å². The van der Waals surface area contributed by atoms with Crippen molar-refractivity contribution in [2.24, 2.45) is 5.92 Å². The van der Waals surface area contributed by atoms with Crippen LogP contribution in [0.2, 0.25) is 0 Å². The Morgan fingerprint density at radius 2 is 2.17 bits per heavy atom. The second-order valence-electron chi connectivity index (χ2n) is 5.18. The van der Waals surface area contributed by atoms with Gasteiger partial charge in [0.1, 0.15) is 11.6 Å². The Hall–Kier alpha value is -1.56. The number of anilines is 3. The van der Waals surface area contributed by atoms with Crippen LogP contribution in [0, 0.1) is 5.92 Å². The molecule has 0 bridgehead atoms. The maximum atomic E-state index is 5.76. The molecule has 0 radical (unpaired) electrons. The van der Waals surface area contributed by atoms with Crippen LogP contribution in [0.15, 0.2) is 6.07 Å². The van der Waals surface area contributed by atoms with Gasteiger partial charge < -0.3 is 21.3 Å². The minimum atomic E-state index is 0.346. The molecule has 0 amide bonds. The first-order valence-electron chi connectivity index (χ1n) is 6.55. The van der Waals surface area contributed by atoms with Crippen molar-refractivity contribution in [2.75, 3.05) is 42.6 Å². The van der Waals surface area contributed by atoms with E-state index in [2.05, 4.69) is 25.5 Å². The molecular formula is C12H20N6. The summed E-state index contributed by atoms with van der Waals surface area (Å²) in [5, 5.41) is 6.59. The second kappa shape index (κ2) is 4.61. The topological polar surface area (TPSA) is 79.1 Å². The van der Waals surface area contributed by atoms with Gasteiger partial charge in [-0.2, -0.15) is 9.97 Å². The minimum Gasteiger partial charge on any atom is -0.370 e. The lowest BCUT2D eigenvalue weighted by Gasteiger charge is -2.40. The van der Waals surface area contributed by atoms with E-state index in [1.165, 1.54) is 12.8 Å². The summed E-state index contributed by atoms with van der Waals surface area (Å²) in [5.74, 6) is 2.94. The Morgan fingerprint density at radius 3 is 2.83 bits per heavy atom. The van der Waals surface area contributed by atoms with Crippen molar-refractivity contribution in [3.05, 3.63) is 6.07 Å². The van der Waals surface area contributed by atoms with Gasteiger partial charge >= 0.3 is 0 Å². The standard InChI is InChI=1S/C12H20N6/c1-14-9-6-18(7-9)11-4-10(16-12(13)17-11)15-5-8-2-3-8/h4,8-9,14H,2-3,5-7H2,1H3,(H3,13,15,16,17). The quantitative estimate of drug-likeness (QED) is 0.695. The van der Waals surface area contributed by atoms with E-state index in [-0.39, 0.29) is 0 Å². The molecule has 0 atom stereocenters. The lowest BCUT2D eigenvalue weighted by Crippen LogP contribution is -2.57. The van der Waals surface area contributed by atoms with Gasteiger partial charge in [-0.15, -0.1) is 0 Å². The molecule has 98 valence electrons. The second-order valence-corrected chi connectivity index (χ2v) is 5.18. The number of hydrogen-bond donors (Lipinski definition) is 3. The van der Waals surface area contributed by atoms with Gasteiger partial charge in [0.15, 0.2) is 0 Å². The Balaban J connectivity index is 1.65. The number of nitrogens with zero attached hydrogens (tertiary/aromatic N) is 3. The maximum absolute atomic E-state index is 5.76. The molecule has 1 aromatic rings. The molecule has 0 unspecified atom stereocenters. The number of aromatic nitrogens is 2. The molecule has 1 aliphatic heterocycles. The maximum Gasteiger partial charge on any atom is 0.223 e. The molecule has 18 heavy (non-hydrogen) atoms. The summed E-state index contributed by atoms with van der Waals surface area (Å²) in [6.07, 6.45) is 2.66. The molecule has 6 nitrogen and oxygen atoms in total. The van der Waals surface area contributed by atoms with Crippen molar-refractivity contribution >= 4 is 17.6 Å². The van der Waals surface area contributed by atoms with E-state index in [1.54, 1.807) is 0 Å². The third-order valence-corrected chi connectivity index (χ3v) is 3.61. The lowest BCUT2D eigenvalue weighted by molar-refractivity contribution is 0.447. The summed E-state index contributed by atoms with van der Waals surface area (Å²) >= 11 is 0. The predicted octanol–water partition coefficient (Wildman–Crippen LogP) is 0.289. The number of nitrogens with two attached hydrogens (primary N) is 1. The first-order chi connectivity index (χ1) is 8.74. The van der Waals surface area contributed by atoms with Crippen LogP contribution in [-0.4, -0.2) is 42.7 Å². The average molecular weight is 248 g/mol. The molecule has 2 heterocycles. The van der Waals surface area contributed by atoms with Crippen LogP contribution in [0.5, 0.6) is 0 Å². The van der Waals surface area contributed by atoms with Crippen molar-refractivity contribution < 1.29 is 0 Å². The normalized spacial score (nSPS) is 19.7. The summed E-state index contributed by atoms with van der Waals surface area (Å²) in [5.41, 5.74) is 5.76. The lowest BCUT2D eigenvalue weighted by atomic mass is 10.1. The van der Waals surface area contributed by atoms with Crippen LogP contribution >= 0.6 is 0 Å². The highest BCUT2D eigenvalue weighted by molar-refractivity contribution is 5.54. The van der Waals surface area contributed by atoms with Crippen molar-refractivity contribution in [3.8, 4) is 0 Å². The van der Waals surface area contributed by atoms with Gasteiger partial charge in [-0.1, -0.05) is 0 Å². The summed E-state index contributed by atoms with van der Waals surface area (Å²) in [7, 11) is 1.99. The fourth-order valence-corrected chi connectivity index (χ4v) is 2.12. The first-order valence-corrected chi connectivity index (χ1v) is 6.55. The van der Waals surface area contributed by atoms with Crippen molar-refractivity contribution in [1.29, 1.82) is 0 Å². The Labute approximate surface area is 107 Å². The predicted molar refractivity (Wildman–Crippen MR) is 72.7 cm³/mol. The minimum absolute atomic E-state index is 0.346. The SMILES string of the molecule is CNC1CN(c2cc(NCC3CC3)nc(N)n2)C1. The number of rotatable bonds is 5. The van der Waals surface area contributed by atoms with Crippen LogP contribution in [0.25, 0.3) is 0 Å². The molecule has 6 heteroatoms. The van der Waals surface area contributed by atoms with E-state index in [1.807, 2.05) is 13.1 Å². The van der Waals surface area contributed by atoms with Crippen molar-refractivity contribution in [2.45, 2.75) is 18.9 Å². The van der Waals surface area contributed by atoms with E-state index < -0.39 is 0 Å². The molecular weight excluding hydrogens is 228 g/mol. The number of nitrogens with one attached hydrogen (secondary N) is 2. The fourth-order valence-electron chi connectivity index (χ4n) is 2.12. The van der Waals surface area contributed by atoms with E-state index in [4.69, 9.17) is 5.73 Å². The molecule has 1 aliphatic carbocycles. The van der Waals surface area contributed by atoms with Crippen molar-refractivity contribution in [1.82, 2.24) is 15.3 Å². The van der Waals surface area contributed by atoms with Crippen LogP contribution < -0.4 is 21.3 Å². The van der Waals surface area contributed by atoms with Gasteiger partial charge in [0.2, 0.25) is 5.95 Å². The molecule has 2 fully saturated rings. The van der Waals surface area contributed by atoms with Gasteiger partial charge in [0.25, 0.3) is 0 Å². The highest BCUT2D eigenvalue weighted by atomic mass is 15.3. The Morgan fingerprint density at radius 1 is 1.39 bits per heavy atom. The largest absolute Gasteiger partial charge is 0.370 e. The molecule has 1 aromatic heterocycles. The third-order valence-electron chi connectivity index (χ3n) is 3.61. The highest BCUT2D eigenvalue weighted by Gasteiger charge is 2.27. The summed E-state index contributed by atoms with van der Waals surface area (Å²) in [4.78, 5) is 10.7. The highest BCUT2D eigenvalue weighted by Crippen LogP contribution is 2.29. The van der Waals surface area contributed by atoms with Gasteiger partial charge in [-0.05, 0) is 25.8 Å². The van der Waals surface area contributed by atoms with E-state index in [9.17, 15) is 0 Å². The van der Waals surface area contributed by atoms with Crippen LogP contribution in [0.3, 0.4) is 0 Å². The molecule has 4 N–H and O–H groups in total. The van der Waals surface area contributed by atoms with Gasteiger partial charge in [-0.25, -0.2) is 0 Å². The molecule has 1 saturated heterocycles. The van der Waals surface area contributed by atoms with Gasteiger partial charge in [-0.3, -0.25) is 0 Å². The zero-order valence-corrected chi connectivity index (χ0v) is 10.7. The van der Waals surface area contributed by atoms with Gasteiger partial charge in [0.05, 0.1) is 0 Å². The summed E-state index contributed by atoms with van der Waals surface area (Å²) < 4.78 is 0. The average Bonchev–Trinajstić information content (AvgIpc) is 3.08. The number of hydrogen-bond acceptors (Lipinski definition) is 6. The Kier molecular flexibility index (Phi) is 2.95. The molecule has 2 aliphatic rings. The van der Waals surface area contributed by atoms with E-state index in [0.29, 0.717) is 12.0 Å². The van der Waals surface area contributed by atoms with Gasteiger partial charge in [0, 0.05) is 31.7 Å². The van der Waals surface area contributed by atoms with Crippen LogP contribution in [-0.2, 0) is 0 Å². The zero-order chi connectivity index (χ0) is 12.5. The smallest absolute Gasteiger partial charge is 0.223 e. The third kappa shape index (κ3) is 2.48. The van der Waals surface area contributed by atoms with Crippen LogP contribution in [0.4, 0.5) is 17.6 Å². The summed E-state index contributed by atoms with van der Waals surface area (Å²) in [6, 6.07) is 2.55. The number of nitrogen functional groups attached to an aromatic ring is 1. The van der Waals surface area contributed by atoms with E-state index in [0.717, 1.165) is 37.2 Å². The fraction of sp³-hybridized carbons (Fsp3) is 0.667. The molecule has 1 saturated carbocycles. The molecule has 0 spiro atoms. The number of likely N-dealkylation sites (N-methyl/N-ethyl adjacent to an activating group) is 1. The van der Waals surface area contributed by atoms with Crippen molar-refractivity contribution in [3.63, 3.8) is 0 Å². The monoisotopic (exact) mass is 248 g/mol. The summed E-state index contributed by atoms with van der Waals surface area (Å²) in [6.45, 7) is 2.96. The first kappa shape index (κ1) is 11.5.